The average molecular weight is 497 g/mol. The van der Waals surface area contributed by atoms with Crippen LogP contribution in [0.25, 0.3) is 0 Å². The highest BCUT2D eigenvalue weighted by Gasteiger charge is 2.22. The minimum atomic E-state index is -0.00121. The highest BCUT2D eigenvalue weighted by Crippen LogP contribution is 2.32. The van der Waals surface area contributed by atoms with Crippen LogP contribution in [-0.2, 0) is 31.6 Å². The fourth-order valence-electron chi connectivity index (χ4n) is 4.66. The summed E-state index contributed by atoms with van der Waals surface area (Å²) in [6, 6.07) is 10.3. The Labute approximate surface area is 218 Å². The zero-order valence-electron chi connectivity index (χ0n) is 23.4. The number of phenols is 2. The molecule has 6 nitrogen and oxygen atoms in total. The molecule has 1 heterocycles. The zero-order valence-corrected chi connectivity index (χ0v) is 23.4. The molecule has 4 bridgehead atoms. The fourth-order valence-corrected chi connectivity index (χ4v) is 4.66. The van der Waals surface area contributed by atoms with Crippen LogP contribution in [0.15, 0.2) is 30.3 Å². The molecule has 6 heteroatoms. The number of aromatic hydroxyl groups is 2. The van der Waals surface area contributed by atoms with Crippen molar-refractivity contribution in [3.05, 3.63) is 58.1 Å². The van der Waals surface area contributed by atoms with Gasteiger partial charge in [-0.3, -0.25) is 0 Å². The number of hydrogen-bond acceptors (Lipinski definition) is 6. The van der Waals surface area contributed by atoms with Gasteiger partial charge in [-0.2, -0.15) is 0 Å². The maximum atomic E-state index is 11.1. The molecule has 0 atom stereocenters. The Morgan fingerprint density at radius 2 is 0.944 bits per heavy atom. The van der Waals surface area contributed by atoms with E-state index >= 15 is 0 Å². The smallest absolute Gasteiger partial charge is 0.124 e. The lowest BCUT2D eigenvalue weighted by molar-refractivity contribution is 0.313. The molecule has 0 amide bonds. The van der Waals surface area contributed by atoms with Gasteiger partial charge in [0, 0.05) is 74.6 Å². The van der Waals surface area contributed by atoms with Gasteiger partial charge in [0.1, 0.15) is 11.5 Å². The summed E-state index contributed by atoms with van der Waals surface area (Å²) in [6.07, 6.45) is 0. The van der Waals surface area contributed by atoms with Crippen LogP contribution in [0.4, 0.5) is 0 Å². The highest BCUT2D eigenvalue weighted by molar-refractivity contribution is 5.46. The molecule has 0 aromatic heterocycles. The van der Waals surface area contributed by atoms with Crippen LogP contribution < -0.4 is 21.3 Å². The summed E-state index contributed by atoms with van der Waals surface area (Å²) in [6.45, 7) is 21.2. The van der Waals surface area contributed by atoms with E-state index in [0.717, 1.165) is 48.4 Å². The molecular weight excluding hydrogens is 448 g/mol. The molecular formula is C30H48N4O2. The molecule has 0 fully saturated rings. The van der Waals surface area contributed by atoms with Gasteiger partial charge in [-0.1, -0.05) is 78.8 Å². The molecule has 0 spiro atoms. The van der Waals surface area contributed by atoms with Crippen molar-refractivity contribution in [2.45, 2.75) is 80.1 Å². The first kappa shape index (κ1) is 28.5. The fraction of sp³-hybridized carbons (Fsp3) is 0.600. The summed E-state index contributed by atoms with van der Waals surface area (Å²) in [5.74, 6) is 0.764. The SMILES string of the molecule is CC1(C)CNCc2cccc(c2O)CNCC(C)(C)CNCc2cc(C(C)(C)C)cc(c2O)CNC1. The first-order valence-electron chi connectivity index (χ1n) is 13.3. The van der Waals surface area contributed by atoms with E-state index in [-0.39, 0.29) is 16.2 Å². The predicted molar refractivity (Wildman–Crippen MR) is 149 cm³/mol. The monoisotopic (exact) mass is 496 g/mol. The second-order valence-corrected chi connectivity index (χ2v) is 13.1. The molecule has 0 radical (unpaired) electrons. The van der Waals surface area contributed by atoms with Crippen LogP contribution in [0.3, 0.4) is 0 Å². The number of nitrogens with one attached hydrogen (secondary N) is 4. The van der Waals surface area contributed by atoms with Gasteiger partial charge >= 0.3 is 0 Å². The van der Waals surface area contributed by atoms with E-state index in [4.69, 9.17) is 0 Å². The van der Waals surface area contributed by atoms with Gasteiger partial charge in [0.25, 0.3) is 0 Å². The lowest BCUT2D eigenvalue weighted by Crippen LogP contribution is -2.38. The Hall–Kier alpha value is -2.12. The molecule has 200 valence electrons. The zero-order chi connectivity index (χ0) is 26.6. The van der Waals surface area contributed by atoms with E-state index < -0.39 is 0 Å². The van der Waals surface area contributed by atoms with Gasteiger partial charge in [0.2, 0.25) is 0 Å². The first-order valence-corrected chi connectivity index (χ1v) is 13.3. The van der Waals surface area contributed by atoms with Crippen LogP contribution >= 0.6 is 0 Å². The molecule has 3 rings (SSSR count). The highest BCUT2D eigenvalue weighted by atomic mass is 16.3. The topological polar surface area (TPSA) is 88.6 Å². The Kier molecular flexibility index (Phi) is 9.10. The quantitative estimate of drug-likeness (QED) is 0.322. The molecule has 0 saturated carbocycles. The number of fused-ring (bicyclic) bond motifs is 4. The van der Waals surface area contributed by atoms with E-state index in [9.17, 15) is 10.2 Å². The molecule has 0 aliphatic carbocycles. The predicted octanol–water partition coefficient (Wildman–Crippen LogP) is 4.52. The summed E-state index contributed by atoms with van der Waals surface area (Å²) in [5, 5.41) is 36.2. The summed E-state index contributed by atoms with van der Waals surface area (Å²) in [4.78, 5) is 0. The van der Waals surface area contributed by atoms with Gasteiger partial charge < -0.3 is 31.5 Å². The van der Waals surface area contributed by atoms with Gasteiger partial charge in [0.05, 0.1) is 0 Å². The molecule has 0 saturated heterocycles. The second kappa shape index (κ2) is 11.5. The van der Waals surface area contributed by atoms with Crippen LogP contribution in [0.1, 0.15) is 76.3 Å². The molecule has 1 aliphatic heterocycles. The van der Waals surface area contributed by atoms with Crippen molar-refractivity contribution in [3.8, 4) is 11.5 Å². The van der Waals surface area contributed by atoms with Crippen molar-refractivity contribution in [1.29, 1.82) is 0 Å². The minimum Gasteiger partial charge on any atom is -0.507 e. The third-order valence-electron chi connectivity index (χ3n) is 7.01. The summed E-state index contributed by atoms with van der Waals surface area (Å²) < 4.78 is 0. The molecule has 0 unspecified atom stereocenters. The maximum Gasteiger partial charge on any atom is 0.124 e. The average Bonchev–Trinajstić information content (AvgIpc) is 2.76. The standard InChI is InChI=1S/C30H48N4O2/c1-28(2,3)25-11-23-15-33-19-29(4,5)17-31-13-21-9-8-10-22(26(21)35)14-32-18-30(6,7)20-34-16-24(12-25)27(23)36/h8-12,31-36H,13-20H2,1-7H3. The van der Waals surface area contributed by atoms with E-state index in [1.807, 2.05) is 18.2 Å². The van der Waals surface area contributed by atoms with E-state index in [0.29, 0.717) is 37.7 Å². The van der Waals surface area contributed by atoms with Gasteiger partial charge in [-0.05, 0) is 21.8 Å². The van der Waals surface area contributed by atoms with Crippen molar-refractivity contribution < 1.29 is 10.2 Å². The van der Waals surface area contributed by atoms with E-state index in [2.05, 4.69) is 81.9 Å². The molecule has 2 aromatic rings. The number of hydrogen-bond donors (Lipinski definition) is 6. The number of para-hydroxylation sites is 1. The van der Waals surface area contributed by atoms with Gasteiger partial charge in [-0.15, -0.1) is 0 Å². The molecule has 36 heavy (non-hydrogen) atoms. The second-order valence-electron chi connectivity index (χ2n) is 13.1. The Balaban J connectivity index is 1.84. The molecule has 6 N–H and O–H groups in total. The minimum absolute atomic E-state index is 0.00121. The third-order valence-corrected chi connectivity index (χ3v) is 7.01. The van der Waals surface area contributed by atoms with Crippen LogP contribution in [-0.4, -0.2) is 36.4 Å². The van der Waals surface area contributed by atoms with Gasteiger partial charge in [0.15, 0.2) is 0 Å². The van der Waals surface area contributed by atoms with Crippen molar-refractivity contribution in [1.82, 2.24) is 21.3 Å². The molecule has 1 aliphatic rings. The number of phenolic OH excluding ortho intramolecular Hbond substituents is 2. The van der Waals surface area contributed by atoms with E-state index in [1.54, 1.807) is 0 Å². The molecule has 2 aromatic carbocycles. The normalized spacial score (nSPS) is 20.0. The number of benzene rings is 2. The van der Waals surface area contributed by atoms with E-state index in [1.165, 1.54) is 5.56 Å². The maximum absolute atomic E-state index is 11.1. The van der Waals surface area contributed by atoms with Crippen molar-refractivity contribution >= 4 is 0 Å². The summed E-state index contributed by atoms with van der Waals surface area (Å²) >= 11 is 0. The Morgan fingerprint density at radius 3 is 1.31 bits per heavy atom. The number of rotatable bonds is 0. The van der Waals surface area contributed by atoms with Crippen LogP contribution in [0, 0.1) is 10.8 Å². The Bertz CT molecular complexity index is 957. The van der Waals surface area contributed by atoms with Crippen molar-refractivity contribution in [2.24, 2.45) is 10.8 Å². The van der Waals surface area contributed by atoms with Crippen molar-refractivity contribution in [2.75, 3.05) is 26.2 Å². The lowest BCUT2D eigenvalue weighted by Gasteiger charge is -2.28. The van der Waals surface area contributed by atoms with Gasteiger partial charge in [-0.25, -0.2) is 0 Å². The van der Waals surface area contributed by atoms with Crippen LogP contribution in [0.2, 0.25) is 0 Å². The summed E-state index contributed by atoms with van der Waals surface area (Å²) in [7, 11) is 0. The first-order chi connectivity index (χ1) is 16.8. The summed E-state index contributed by atoms with van der Waals surface area (Å²) in [5.41, 5.74) is 4.97. The lowest BCUT2D eigenvalue weighted by atomic mass is 9.84. The Morgan fingerprint density at radius 1 is 0.611 bits per heavy atom. The van der Waals surface area contributed by atoms with Crippen molar-refractivity contribution in [3.63, 3.8) is 0 Å². The largest absolute Gasteiger partial charge is 0.507 e. The van der Waals surface area contributed by atoms with Crippen LogP contribution in [0.5, 0.6) is 11.5 Å². The third kappa shape index (κ3) is 7.94.